The zero-order valence-electron chi connectivity index (χ0n) is 21.6. The van der Waals surface area contributed by atoms with Crippen molar-refractivity contribution >= 4 is 44.6 Å². The van der Waals surface area contributed by atoms with Gasteiger partial charge in [0, 0.05) is 53.3 Å². The molecule has 0 aliphatic carbocycles. The van der Waals surface area contributed by atoms with Crippen molar-refractivity contribution in [3.63, 3.8) is 0 Å². The summed E-state index contributed by atoms with van der Waals surface area (Å²) in [5, 5.41) is 0.592. The lowest BCUT2D eigenvalue weighted by molar-refractivity contribution is -0.200. The molecule has 3 aromatic rings. The van der Waals surface area contributed by atoms with Gasteiger partial charge >= 0.3 is 0 Å². The predicted molar refractivity (Wildman–Crippen MR) is 150 cm³/mol. The smallest absolute Gasteiger partial charge is 0.274 e. The van der Waals surface area contributed by atoms with Crippen LogP contribution in [0.5, 0.6) is 0 Å². The van der Waals surface area contributed by atoms with Gasteiger partial charge in [-0.3, -0.25) is 14.6 Å². The molecule has 0 saturated carbocycles. The molecule has 0 spiro atoms. The minimum Gasteiger partial charge on any atom is -0.350 e. The first-order chi connectivity index (χ1) is 19.3. The molecule has 5 rings (SSSR count). The van der Waals surface area contributed by atoms with E-state index in [2.05, 4.69) is 15.4 Å². The Balaban J connectivity index is 1.45. The third kappa shape index (κ3) is 6.21. The Labute approximate surface area is 241 Å². The van der Waals surface area contributed by atoms with Crippen LogP contribution in [0.25, 0.3) is 10.4 Å². The molecule has 2 atom stereocenters. The summed E-state index contributed by atoms with van der Waals surface area (Å²) in [7, 11) is -3.93. The van der Waals surface area contributed by atoms with E-state index in [4.69, 9.17) is 21.2 Å². The van der Waals surface area contributed by atoms with Gasteiger partial charge in [-0.25, -0.2) is 23.7 Å². The molecule has 1 aromatic carbocycles. The van der Waals surface area contributed by atoms with Crippen molar-refractivity contribution in [3.8, 4) is 10.4 Å². The number of hydrogen-bond acceptors (Lipinski definition) is 9. The van der Waals surface area contributed by atoms with E-state index in [0.29, 0.717) is 22.9 Å². The van der Waals surface area contributed by atoms with Gasteiger partial charge in [0.25, 0.3) is 5.91 Å². The summed E-state index contributed by atoms with van der Waals surface area (Å²) in [6.07, 6.45) is 5.79. The number of ether oxygens (including phenoxy) is 1. The lowest BCUT2D eigenvalue weighted by Crippen LogP contribution is -2.43. The lowest BCUT2D eigenvalue weighted by Gasteiger charge is -2.31. The highest BCUT2D eigenvalue weighted by molar-refractivity contribution is 7.92. The number of thiophene rings is 1. The zero-order valence-corrected chi connectivity index (χ0v) is 24.0. The fourth-order valence-corrected chi connectivity index (χ4v) is 8.66. The van der Waals surface area contributed by atoms with Gasteiger partial charge in [-0.2, -0.15) is 0 Å². The molecule has 40 heavy (non-hydrogen) atoms. The summed E-state index contributed by atoms with van der Waals surface area (Å²) >= 11 is 7.36. The number of carbonyl (C=O) groups is 2. The Morgan fingerprint density at radius 1 is 1.15 bits per heavy atom. The van der Waals surface area contributed by atoms with E-state index in [-0.39, 0.29) is 37.4 Å². The molecule has 2 fully saturated rings. The minimum absolute atomic E-state index is 0.0231. The Kier molecular flexibility index (Phi) is 8.81. The van der Waals surface area contributed by atoms with E-state index >= 15 is 0 Å². The van der Waals surface area contributed by atoms with Crippen LogP contribution in [0.2, 0.25) is 5.02 Å². The molecule has 2 amide bonds. The van der Waals surface area contributed by atoms with Crippen LogP contribution in [0.15, 0.2) is 55.0 Å². The van der Waals surface area contributed by atoms with Gasteiger partial charge in [0.15, 0.2) is 16.1 Å². The first-order valence-corrected chi connectivity index (χ1v) is 15.8. The fourth-order valence-electron chi connectivity index (χ4n) is 4.93. The number of aromatic nitrogens is 2. The van der Waals surface area contributed by atoms with Crippen LogP contribution in [0.4, 0.5) is 0 Å². The first-order valence-electron chi connectivity index (χ1n) is 13.0. The Bertz CT molecular complexity index is 1450. The molecule has 2 aliphatic heterocycles. The van der Waals surface area contributed by atoms with E-state index in [1.165, 1.54) is 34.8 Å². The van der Waals surface area contributed by atoms with Crippen LogP contribution in [0.1, 0.15) is 47.5 Å². The van der Waals surface area contributed by atoms with Crippen molar-refractivity contribution < 1.29 is 27.6 Å². The van der Waals surface area contributed by atoms with Gasteiger partial charge < -0.3 is 9.64 Å². The van der Waals surface area contributed by atoms with E-state index in [1.54, 1.807) is 18.2 Å². The van der Waals surface area contributed by atoms with E-state index < -0.39 is 32.7 Å². The van der Waals surface area contributed by atoms with Crippen molar-refractivity contribution in [2.24, 2.45) is 0 Å². The number of amides is 2. The summed E-state index contributed by atoms with van der Waals surface area (Å²) in [4.78, 5) is 42.7. The van der Waals surface area contributed by atoms with E-state index in [0.717, 1.165) is 23.3 Å². The highest BCUT2D eigenvalue weighted by Crippen LogP contribution is 2.45. The van der Waals surface area contributed by atoms with Crippen LogP contribution in [0, 0.1) is 0 Å². The molecule has 2 saturated heterocycles. The highest BCUT2D eigenvalue weighted by Gasteiger charge is 2.50. The van der Waals surface area contributed by atoms with Crippen LogP contribution in [-0.2, 0) is 29.0 Å². The maximum absolute atomic E-state index is 14.0. The van der Waals surface area contributed by atoms with Gasteiger partial charge in [0.2, 0.25) is 5.91 Å². The lowest BCUT2D eigenvalue weighted by atomic mass is 9.97. The van der Waals surface area contributed by atoms with Gasteiger partial charge in [0.05, 0.1) is 18.4 Å². The van der Waals surface area contributed by atoms with Crippen LogP contribution >= 0.6 is 22.9 Å². The number of hydroxylamine groups is 1. The summed E-state index contributed by atoms with van der Waals surface area (Å²) < 4.78 is 32.0. The summed E-state index contributed by atoms with van der Waals surface area (Å²) in [6.45, 7) is 0.628. The number of nitrogens with one attached hydrogen (secondary N) is 1. The molecule has 13 heteroatoms. The van der Waals surface area contributed by atoms with Gasteiger partial charge in [0.1, 0.15) is 10.4 Å². The number of carbonyl (C=O) groups excluding carboxylic acids is 2. The topological polar surface area (TPSA) is 128 Å². The second kappa shape index (κ2) is 12.3. The van der Waals surface area contributed by atoms with Crippen molar-refractivity contribution in [3.05, 3.63) is 70.6 Å². The normalized spacial score (nSPS) is 22.8. The number of rotatable bonds is 7. The van der Waals surface area contributed by atoms with Crippen LogP contribution in [0.3, 0.4) is 0 Å². The average Bonchev–Trinajstić information content (AvgIpc) is 3.42. The highest BCUT2D eigenvalue weighted by atomic mass is 35.5. The van der Waals surface area contributed by atoms with Crippen molar-refractivity contribution in [1.82, 2.24) is 20.3 Å². The van der Waals surface area contributed by atoms with Crippen LogP contribution < -0.4 is 5.48 Å². The maximum Gasteiger partial charge on any atom is 0.274 e. The molecule has 2 aromatic heterocycles. The number of benzene rings is 1. The van der Waals surface area contributed by atoms with Crippen molar-refractivity contribution in [2.75, 3.05) is 25.4 Å². The molecule has 212 valence electrons. The summed E-state index contributed by atoms with van der Waals surface area (Å²) in [5.74, 6) is -1.30. The molecule has 2 unspecified atom stereocenters. The number of halogens is 1. The standard InChI is InChI=1S/C27H29ClN4O6S2/c28-20-6-4-19(5-7-20)22-8-9-23(39-22)27(17-24(33)31-38-25-3-1-2-15-37-25)10-13-32(14-16-40(27,35)36)26(34)21-18-29-11-12-30-21/h4-9,11-12,18,25H,1-3,10,13-17H2,(H,31,33). The molecule has 2 aliphatic rings. The third-order valence-electron chi connectivity index (χ3n) is 7.15. The second-order valence-corrected chi connectivity index (χ2v) is 13.7. The van der Waals surface area contributed by atoms with Gasteiger partial charge in [-0.15, -0.1) is 11.3 Å². The molecule has 0 radical (unpaired) electrons. The zero-order chi connectivity index (χ0) is 28.2. The fraction of sp³-hybridized carbons (Fsp3) is 0.407. The summed E-state index contributed by atoms with van der Waals surface area (Å²) in [5.41, 5.74) is 3.43. The minimum atomic E-state index is -3.93. The molecular formula is C27H29ClN4O6S2. The Morgan fingerprint density at radius 2 is 1.98 bits per heavy atom. The van der Waals surface area contributed by atoms with E-state index in [1.807, 2.05) is 18.2 Å². The maximum atomic E-state index is 14.0. The van der Waals surface area contributed by atoms with Gasteiger partial charge in [-0.05, 0) is 49.1 Å². The Hall–Kier alpha value is -2.90. The van der Waals surface area contributed by atoms with Crippen molar-refractivity contribution in [1.29, 1.82) is 0 Å². The molecule has 0 bridgehead atoms. The number of sulfone groups is 1. The van der Waals surface area contributed by atoms with Crippen molar-refractivity contribution in [2.45, 2.75) is 43.1 Å². The molecular weight excluding hydrogens is 576 g/mol. The summed E-state index contributed by atoms with van der Waals surface area (Å²) in [6, 6.07) is 10.9. The third-order valence-corrected chi connectivity index (χ3v) is 11.4. The quantitative estimate of drug-likeness (QED) is 0.401. The largest absolute Gasteiger partial charge is 0.350 e. The average molecular weight is 605 g/mol. The predicted octanol–water partition coefficient (Wildman–Crippen LogP) is 3.98. The molecule has 4 heterocycles. The molecule has 10 nitrogen and oxygen atoms in total. The SMILES string of the molecule is O=C(CC1(c2ccc(-c3ccc(Cl)cc3)s2)CCN(C(=O)c2cnccn2)CCS1(=O)=O)NOC1CCCCO1. The van der Waals surface area contributed by atoms with Crippen LogP contribution in [-0.4, -0.2) is 66.8 Å². The second-order valence-electron chi connectivity index (χ2n) is 9.73. The monoisotopic (exact) mass is 604 g/mol. The Morgan fingerprint density at radius 3 is 2.70 bits per heavy atom. The number of nitrogens with zero attached hydrogens (tertiary/aromatic N) is 3. The first kappa shape index (κ1) is 28.6. The molecule has 1 N–H and O–H groups in total. The van der Waals surface area contributed by atoms with E-state index in [9.17, 15) is 18.0 Å². The van der Waals surface area contributed by atoms with Gasteiger partial charge in [-0.1, -0.05) is 23.7 Å². The number of hydrogen-bond donors (Lipinski definition) is 1.